The molecule has 0 aliphatic heterocycles. The number of carbonyl (C=O) groups excluding carboxylic acids is 3. The van der Waals surface area contributed by atoms with Crippen LogP contribution in [0.5, 0.6) is 0 Å². The topological polar surface area (TPSA) is 101 Å². The molecule has 0 aromatic rings. The summed E-state index contributed by atoms with van der Waals surface area (Å²) in [6.45, 7) is 5.91. The number of rotatable bonds is 17. The van der Waals surface area contributed by atoms with E-state index < -0.39 is 29.5 Å². The van der Waals surface area contributed by atoms with Crippen molar-refractivity contribution in [1.29, 1.82) is 0 Å². The molecule has 0 heterocycles. The van der Waals surface area contributed by atoms with E-state index in [1.165, 1.54) is 64.2 Å². The molecule has 7 unspecified atom stereocenters. The number of allylic oxidation sites excluding steroid dienone is 4. The van der Waals surface area contributed by atoms with Gasteiger partial charge in [-0.3, -0.25) is 14.4 Å². The minimum absolute atomic E-state index is 0.00512. The monoisotopic (exact) mass is 598 g/mol. The van der Waals surface area contributed by atoms with E-state index in [0.29, 0.717) is 25.7 Å². The van der Waals surface area contributed by atoms with Crippen molar-refractivity contribution in [3.8, 4) is 0 Å². The van der Waals surface area contributed by atoms with Crippen LogP contribution in [0.4, 0.5) is 0 Å². The third kappa shape index (κ3) is 7.38. The highest BCUT2D eigenvalue weighted by Crippen LogP contribution is 2.67. The third-order valence-electron chi connectivity index (χ3n) is 12.0. The van der Waals surface area contributed by atoms with E-state index in [0.717, 1.165) is 37.7 Å². The molecule has 4 aliphatic carbocycles. The molecule has 242 valence electrons. The highest BCUT2D eigenvalue weighted by atomic mass is 16.5. The maximum atomic E-state index is 13.4. The van der Waals surface area contributed by atoms with E-state index >= 15 is 0 Å². The second kappa shape index (κ2) is 15.0. The number of hydrogen-bond donors (Lipinski definition) is 2. The second-order valence-electron chi connectivity index (χ2n) is 14.7. The van der Waals surface area contributed by atoms with Gasteiger partial charge in [-0.1, -0.05) is 109 Å². The molecule has 6 nitrogen and oxygen atoms in total. The van der Waals surface area contributed by atoms with E-state index in [4.69, 9.17) is 4.74 Å². The van der Waals surface area contributed by atoms with Crippen molar-refractivity contribution in [3.05, 3.63) is 23.8 Å². The Morgan fingerprint density at radius 3 is 2.16 bits per heavy atom. The van der Waals surface area contributed by atoms with Gasteiger partial charge in [-0.2, -0.15) is 0 Å². The molecule has 3 fully saturated rings. The predicted molar refractivity (Wildman–Crippen MR) is 169 cm³/mol. The van der Waals surface area contributed by atoms with Crippen LogP contribution >= 0.6 is 0 Å². The van der Waals surface area contributed by atoms with E-state index in [1.54, 1.807) is 12.2 Å². The molecule has 0 spiro atoms. The van der Waals surface area contributed by atoms with Gasteiger partial charge in [0.25, 0.3) is 0 Å². The van der Waals surface area contributed by atoms with Gasteiger partial charge in [0.15, 0.2) is 12.4 Å². The number of fused-ring (bicyclic) bond motifs is 5. The number of ketones is 2. The first-order valence-corrected chi connectivity index (χ1v) is 17.6. The van der Waals surface area contributed by atoms with Crippen LogP contribution in [-0.4, -0.2) is 46.1 Å². The number of aliphatic hydroxyl groups excluding tert-OH is 1. The Kier molecular flexibility index (Phi) is 11.9. The summed E-state index contributed by atoms with van der Waals surface area (Å²) in [5.41, 5.74) is -1.69. The molecular formula is C37H58O6. The van der Waals surface area contributed by atoms with Gasteiger partial charge in [0.05, 0.1) is 6.10 Å². The first-order chi connectivity index (χ1) is 20.6. The van der Waals surface area contributed by atoms with Gasteiger partial charge in [0.1, 0.15) is 5.60 Å². The molecule has 0 saturated heterocycles. The summed E-state index contributed by atoms with van der Waals surface area (Å²) in [6, 6.07) is 0. The fourth-order valence-electron chi connectivity index (χ4n) is 9.41. The number of aliphatic hydroxyl groups is 2. The maximum absolute atomic E-state index is 13.4. The fourth-order valence-corrected chi connectivity index (χ4v) is 9.41. The molecule has 0 bridgehead atoms. The summed E-state index contributed by atoms with van der Waals surface area (Å²) >= 11 is 0. The lowest BCUT2D eigenvalue weighted by molar-refractivity contribution is -0.181. The standard InChI is InChI=1S/C37H58O6/c1-4-5-6-7-8-9-10-11-12-13-14-15-16-17-33(41)43-26-32(40)37(42)23-21-30-29-19-18-27-24-28(38)20-22-35(27,2)34(29)31(39)25-36(30,37)3/h20,22,24,29-31,34,39,42H,4-19,21,23,25-26H2,1-3H3. The number of carbonyl (C=O) groups is 3. The van der Waals surface area contributed by atoms with E-state index in [1.807, 2.05) is 13.0 Å². The van der Waals surface area contributed by atoms with Gasteiger partial charge < -0.3 is 14.9 Å². The molecule has 0 aromatic heterocycles. The van der Waals surface area contributed by atoms with Crippen LogP contribution in [0.15, 0.2) is 23.8 Å². The second-order valence-corrected chi connectivity index (χ2v) is 14.7. The normalized spacial score (nSPS) is 34.7. The zero-order valence-electron chi connectivity index (χ0n) is 27.2. The minimum Gasteiger partial charge on any atom is -0.458 e. The lowest BCUT2D eigenvalue weighted by atomic mass is 9.46. The van der Waals surface area contributed by atoms with Crippen LogP contribution in [0.25, 0.3) is 0 Å². The van der Waals surface area contributed by atoms with Crippen molar-refractivity contribution in [1.82, 2.24) is 0 Å². The molecule has 0 aromatic carbocycles. The molecule has 2 N–H and O–H groups in total. The molecule has 3 saturated carbocycles. The highest BCUT2D eigenvalue weighted by Gasteiger charge is 2.68. The Labute approximate surface area is 260 Å². The lowest BCUT2D eigenvalue weighted by Crippen LogP contribution is -2.61. The van der Waals surface area contributed by atoms with Crippen molar-refractivity contribution >= 4 is 17.5 Å². The van der Waals surface area contributed by atoms with Gasteiger partial charge in [0.2, 0.25) is 5.78 Å². The number of hydrogen-bond acceptors (Lipinski definition) is 6. The Morgan fingerprint density at radius 1 is 0.930 bits per heavy atom. The third-order valence-corrected chi connectivity index (χ3v) is 12.0. The van der Waals surface area contributed by atoms with Gasteiger partial charge >= 0.3 is 5.97 Å². The zero-order chi connectivity index (χ0) is 31.1. The molecular weight excluding hydrogens is 540 g/mol. The average Bonchev–Trinajstić information content (AvgIpc) is 3.25. The van der Waals surface area contributed by atoms with Crippen molar-refractivity contribution in [2.24, 2.45) is 28.6 Å². The first kappa shape index (κ1) is 34.1. The van der Waals surface area contributed by atoms with Gasteiger partial charge in [-0.15, -0.1) is 0 Å². The number of Topliss-reactive ketones (excluding diaryl/α,β-unsaturated/α-hetero) is 1. The Balaban J connectivity index is 1.18. The van der Waals surface area contributed by atoms with Crippen LogP contribution in [0.1, 0.15) is 143 Å². The highest BCUT2D eigenvalue weighted by molar-refractivity contribution is 6.01. The van der Waals surface area contributed by atoms with E-state index in [9.17, 15) is 24.6 Å². The van der Waals surface area contributed by atoms with Gasteiger partial charge in [-0.05, 0) is 62.5 Å². The van der Waals surface area contributed by atoms with Crippen molar-refractivity contribution in [3.63, 3.8) is 0 Å². The number of ether oxygens (including phenoxy) is 1. The van der Waals surface area contributed by atoms with Crippen molar-refractivity contribution < 1.29 is 29.3 Å². The fraction of sp³-hybridized carbons (Fsp3) is 0.811. The summed E-state index contributed by atoms with van der Waals surface area (Å²) < 4.78 is 5.38. The van der Waals surface area contributed by atoms with Crippen LogP contribution in [0.3, 0.4) is 0 Å². The Hall–Kier alpha value is -1.79. The lowest BCUT2D eigenvalue weighted by Gasteiger charge is -2.59. The van der Waals surface area contributed by atoms with E-state index in [2.05, 4.69) is 13.8 Å². The molecule has 7 atom stereocenters. The molecule has 43 heavy (non-hydrogen) atoms. The smallest absolute Gasteiger partial charge is 0.306 e. The molecule has 0 amide bonds. The quantitative estimate of drug-likeness (QED) is 0.132. The average molecular weight is 599 g/mol. The summed E-state index contributed by atoms with van der Waals surface area (Å²) in [4.78, 5) is 37.9. The van der Waals surface area contributed by atoms with Gasteiger partial charge in [0, 0.05) is 23.2 Å². The van der Waals surface area contributed by atoms with Crippen molar-refractivity contribution in [2.45, 2.75) is 154 Å². The molecule has 4 rings (SSSR count). The number of unbranched alkanes of at least 4 members (excludes halogenated alkanes) is 12. The Morgan fingerprint density at radius 2 is 1.53 bits per heavy atom. The van der Waals surface area contributed by atoms with Crippen LogP contribution < -0.4 is 0 Å². The van der Waals surface area contributed by atoms with Crippen LogP contribution in [0.2, 0.25) is 0 Å². The molecule has 6 heteroatoms. The van der Waals surface area contributed by atoms with E-state index in [-0.39, 0.29) is 34.9 Å². The zero-order valence-corrected chi connectivity index (χ0v) is 27.2. The minimum atomic E-state index is -1.62. The van der Waals surface area contributed by atoms with Crippen molar-refractivity contribution in [2.75, 3.05) is 6.61 Å². The molecule has 0 radical (unpaired) electrons. The van der Waals surface area contributed by atoms with Crippen LogP contribution in [0, 0.1) is 28.6 Å². The first-order valence-electron chi connectivity index (χ1n) is 17.6. The summed E-state index contributed by atoms with van der Waals surface area (Å²) in [5, 5.41) is 23.4. The largest absolute Gasteiger partial charge is 0.458 e. The van der Waals surface area contributed by atoms with Crippen LogP contribution in [-0.2, 0) is 19.1 Å². The van der Waals surface area contributed by atoms with Gasteiger partial charge in [-0.25, -0.2) is 0 Å². The number of esters is 1. The summed E-state index contributed by atoms with van der Waals surface area (Å²) in [7, 11) is 0. The Bertz CT molecular complexity index is 1050. The SMILES string of the molecule is CCCCCCCCCCCCCCCC(=O)OCC(=O)C1(O)CCC2C3CCC4=CC(=O)C=CC4(C)C3C(O)CC21C. The predicted octanol–water partition coefficient (Wildman–Crippen LogP) is 7.59. The molecule has 4 aliphatic rings. The maximum Gasteiger partial charge on any atom is 0.306 e. The summed E-state index contributed by atoms with van der Waals surface area (Å²) in [6.07, 6.45) is 24.0. The summed E-state index contributed by atoms with van der Waals surface area (Å²) in [5.74, 6) is -0.625.